The van der Waals surface area contributed by atoms with E-state index < -0.39 is 5.41 Å². The summed E-state index contributed by atoms with van der Waals surface area (Å²) in [6, 6.07) is 73.5. The van der Waals surface area contributed by atoms with Crippen molar-refractivity contribution in [2.75, 3.05) is 0 Å². The second kappa shape index (κ2) is 13.9. The highest BCUT2D eigenvalue weighted by Gasteiger charge is 2.61. The zero-order valence-corrected chi connectivity index (χ0v) is 39.3. The van der Waals surface area contributed by atoms with Crippen molar-refractivity contribution in [3.05, 3.63) is 246 Å². The van der Waals surface area contributed by atoms with Gasteiger partial charge in [0.2, 0.25) is 0 Å². The van der Waals surface area contributed by atoms with E-state index in [1.54, 1.807) is 0 Å². The Bertz CT molecular complexity index is 4120. The SMILES string of the molecule is [2H]c1ccc2c(c1)C1(c3cc([2H])c(-c4ccc5cnc(-c6c7ccccc7c(-c7ccc8c(c7)C7(c9ccccc9-c9ccccc97)c7ccccc7-8)c7ccccc67)cc5c4)cc3-2)C2CC3CC(C2)CC1C3. The van der Waals surface area contributed by atoms with E-state index >= 15 is 0 Å². The van der Waals surface area contributed by atoms with Gasteiger partial charge in [-0.2, -0.15) is 0 Å². The molecule has 0 N–H and O–H groups in total. The molecule has 4 fully saturated rings. The lowest BCUT2D eigenvalue weighted by molar-refractivity contribution is -0.0399. The summed E-state index contributed by atoms with van der Waals surface area (Å²) >= 11 is 0. The van der Waals surface area contributed by atoms with Crippen molar-refractivity contribution in [3.8, 4) is 66.9 Å². The fourth-order valence-corrected chi connectivity index (χ4v) is 16.6. The molecule has 7 aliphatic rings. The van der Waals surface area contributed by atoms with Crippen LogP contribution in [0.4, 0.5) is 0 Å². The maximum Gasteiger partial charge on any atom is 0.0725 e. The van der Waals surface area contributed by atoms with Crippen LogP contribution in [-0.4, -0.2) is 4.98 Å². The van der Waals surface area contributed by atoms with Crippen LogP contribution >= 0.6 is 0 Å². The summed E-state index contributed by atoms with van der Waals surface area (Å²) < 4.78 is 18.6. The first-order chi connectivity index (χ1) is 36.0. The zero-order valence-electron chi connectivity index (χ0n) is 41.3. The fourth-order valence-electron chi connectivity index (χ4n) is 16.6. The average molecular weight is 906 g/mol. The molecule has 334 valence electrons. The Labute approximate surface area is 417 Å². The third-order valence-electron chi connectivity index (χ3n) is 18.9. The summed E-state index contributed by atoms with van der Waals surface area (Å²) in [6.45, 7) is 0. The first-order valence-corrected chi connectivity index (χ1v) is 26.0. The largest absolute Gasteiger partial charge is 0.256 e. The molecule has 0 amide bonds. The Hall–Kier alpha value is -7.87. The van der Waals surface area contributed by atoms with Gasteiger partial charge in [0.15, 0.2) is 0 Å². The molecule has 0 saturated heterocycles. The van der Waals surface area contributed by atoms with Gasteiger partial charge in [-0.05, 0) is 196 Å². The molecule has 0 aliphatic heterocycles. The predicted octanol–water partition coefficient (Wildman–Crippen LogP) is 17.6. The highest BCUT2D eigenvalue weighted by Crippen LogP contribution is 2.70. The molecule has 1 aromatic heterocycles. The van der Waals surface area contributed by atoms with Crippen molar-refractivity contribution < 1.29 is 2.74 Å². The van der Waals surface area contributed by atoms with Crippen LogP contribution in [-0.2, 0) is 10.8 Å². The summed E-state index contributed by atoms with van der Waals surface area (Å²) in [5, 5.41) is 6.95. The number of benzene rings is 10. The summed E-state index contributed by atoms with van der Waals surface area (Å²) in [7, 11) is 0. The molecule has 0 radical (unpaired) electrons. The van der Waals surface area contributed by atoms with E-state index in [0.29, 0.717) is 23.9 Å². The molecule has 10 aromatic carbocycles. The molecule has 4 bridgehead atoms. The predicted molar refractivity (Wildman–Crippen MR) is 293 cm³/mol. The van der Waals surface area contributed by atoms with Gasteiger partial charge >= 0.3 is 0 Å². The van der Waals surface area contributed by atoms with Crippen molar-refractivity contribution in [1.82, 2.24) is 4.98 Å². The van der Waals surface area contributed by atoms with E-state index in [9.17, 15) is 1.37 Å². The lowest BCUT2D eigenvalue weighted by Gasteiger charge is -2.61. The summed E-state index contributed by atoms with van der Waals surface area (Å²) in [4.78, 5) is 5.27. The molecule has 71 heavy (non-hydrogen) atoms. The minimum absolute atomic E-state index is 0.0719. The van der Waals surface area contributed by atoms with E-state index in [-0.39, 0.29) is 5.41 Å². The number of aromatic nitrogens is 1. The van der Waals surface area contributed by atoms with Gasteiger partial charge in [-0.1, -0.05) is 182 Å². The van der Waals surface area contributed by atoms with Crippen molar-refractivity contribution in [2.45, 2.75) is 42.9 Å². The second-order valence-corrected chi connectivity index (χ2v) is 21.9. The van der Waals surface area contributed by atoms with Crippen molar-refractivity contribution in [3.63, 3.8) is 0 Å². The van der Waals surface area contributed by atoms with Crippen LogP contribution < -0.4 is 0 Å². The maximum absolute atomic E-state index is 9.78. The second-order valence-electron chi connectivity index (χ2n) is 21.9. The summed E-state index contributed by atoms with van der Waals surface area (Å²) in [5.74, 6) is 2.86. The maximum atomic E-state index is 9.78. The number of fused-ring (bicyclic) bond motifs is 16. The third kappa shape index (κ3) is 4.90. The van der Waals surface area contributed by atoms with Gasteiger partial charge in [0.1, 0.15) is 0 Å². The smallest absolute Gasteiger partial charge is 0.0725 e. The molecule has 4 saturated carbocycles. The van der Waals surface area contributed by atoms with Crippen LogP contribution in [0.2, 0.25) is 0 Å². The minimum Gasteiger partial charge on any atom is -0.256 e. The average Bonchev–Trinajstić information content (AvgIpc) is 4.00. The summed E-state index contributed by atoms with van der Waals surface area (Å²) in [5.41, 5.74) is 22.0. The molecule has 1 nitrogen and oxygen atoms in total. The van der Waals surface area contributed by atoms with Crippen LogP contribution in [0.3, 0.4) is 0 Å². The van der Waals surface area contributed by atoms with Gasteiger partial charge in [0, 0.05) is 22.6 Å². The highest BCUT2D eigenvalue weighted by atomic mass is 14.7. The Morgan fingerprint density at radius 1 is 0.380 bits per heavy atom. The van der Waals surface area contributed by atoms with Crippen LogP contribution in [0.25, 0.3) is 99.2 Å². The highest BCUT2D eigenvalue weighted by molar-refractivity contribution is 6.21. The molecule has 1 heterocycles. The molecular formula is C70H49N. The van der Waals surface area contributed by atoms with Gasteiger partial charge in [-0.25, -0.2) is 0 Å². The van der Waals surface area contributed by atoms with Crippen LogP contribution in [0.15, 0.2) is 212 Å². The van der Waals surface area contributed by atoms with Crippen LogP contribution in [0.5, 0.6) is 0 Å². The normalized spacial score (nSPS) is 22.4. The van der Waals surface area contributed by atoms with E-state index in [2.05, 4.69) is 188 Å². The molecule has 7 aliphatic carbocycles. The Balaban J connectivity index is 0.826. The lowest BCUT2D eigenvalue weighted by Crippen LogP contribution is -2.55. The van der Waals surface area contributed by atoms with E-state index in [1.165, 1.54) is 132 Å². The number of hydrogen-bond acceptors (Lipinski definition) is 1. The van der Waals surface area contributed by atoms with Gasteiger partial charge < -0.3 is 0 Å². The Kier molecular flexibility index (Phi) is 7.26. The molecule has 11 aromatic rings. The number of rotatable bonds is 3. The van der Waals surface area contributed by atoms with Gasteiger partial charge in [-0.15, -0.1) is 0 Å². The van der Waals surface area contributed by atoms with Crippen LogP contribution in [0.1, 0.15) is 68.2 Å². The quantitative estimate of drug-likeness (QED) is 0.161. The van der Waals surface area contributed by atoms with Gasteiger partial charge in [0.05, 0.1) is 13.9 Å². The molecule has 0 unspecified atom stereocenters. The van der Waals surface area contributed by atoms with Gasteiger partial charge in [-0.3, -0.25) is 4.98 Å². The Morgan fingerprint density at radius 2 is 0.915 bits per heavy atom. The molecule has 2 spiro atoms. The number of pyridine rings is 1. The van der Waals surface area contributed by atoms with Crippen LogP contribution in [0, 0.1) is 23.7 Å². The van der Waals surface area contributed by atoms with Crippen molar-refractivity contribution in [1.29, 1.82) is 0 Å². The van der Waals surface area contributed by atoms with E-state index in [0.717, 1.165) is 45.0 Å². The fraction of sp³-hybridized carbons (Fsp3) is 0.157. The minimum atomic E-state index is -0.428. The van der Waals surface area contributed by atoms with Gasteiger partial charge in [0.25, 0.3) is 0 Å². The third-order valence-corrected chi connectivity index (χ3v) is 18.9. The Morgan fingerprint density at radius 3 is 1.56 bits per heavy atom. The first-order valence-electron chi connectivity index (χ1n) is 27.0. The van der Waals surface area contributed by atoms with Crippen molar-refractivity contribution in [2.24, 2.45) is 23.7 Å². The number of hydrogen-bond donors (Lipinski definition) is 0. The molecule has 0 atom stereocenters. The summed E-state index contributed by atoms with van der Waals surface area (Å²) in [6.07, 6.45) is 8.58. The standard InChI is InChI=1S/C70H49N/c1-3-19-57-55(17-1)67(45-27-29-54-52-15-7-12-24-63(52)70(65(54)38-45)61-22-10-5-13-50(61)51-14-6-11-23-62(51)70)56-18-2-4-20-58(56)68(57)66-39-47-36-43(25-26-46(47)40-71-66)44-28-30-64-59(37-44)53-16-8-9-21-60(53)69(64)48-32-41-31-42(34-48)35-49(69)33-41/h1-30,36-42,48-49H,31-35H2/i9D,28D. The molecule has 1 heteroatoms. The molecular weight excluding hydrogens is 855 g/mol. The first kappa shape index (κ1) is 37.0. The lowest BCUT2D eigenvalue weighted by atomic mass is 9.43. The topological polar surface area (TPSA) is 12.9 Å². The van der Waals surface area contributed by atoms with Crippen molar-refractivity contribution >= 4 is 32.3 Å². The zero-order chi connectivity index (χ0) is 47.9. The van der Waals surface area contributed by atoms with E-state index in [4.69, 9.17) is 6.35 Å². The van der Waals surface area contributed by atoms with E-state index in [1.807, 2.05) is 12.3 Å². The number of nitrogens with zero attached hydrogens (tertiary/aromatic N) is 1. The monoisotopic (exact) mass is 905 g/mol. The molecule has 18 rings (SSSR count).